The largest absolute Gasteiger partial charge is 0.396 e. The van der Waals surface area contributed by atoms with Crippen LogP contribution < -0.4 is 4.90 Å². The van der Waals surface area contributed by atoms with E-state index in [4.69, 9.17) is 4.74 Å². The summed E-state index contributed by atoms with van der Waals surface area (Å²) in [6, 6.07) is 12.9. The van der Waals surface area contributed by atoms with Gasteiger partial charge >= 0.3 is 0 Å². The Morgan fingerprint density at radius 2 is 1.76 bits per heavy atom. The van der Waals surface area contributed by atoms with Gasteiger partial charge in [-0.1, -0.05) is 31.2 Å². The molecule has 6 heteroatoms. The van der Waals surface area contributed by atoms with Gasteiger partial charge in [-0.2, -0.15) is 5.26 Å². The Morgan fingerprint density at radius 3 is 2.41 bits per heavy atom. The van der Waals surface area contributed by atoms with Crippen molar-refractivity contribution >= 4 is 28.3 Å². The third-order valence-electron chi connectivity index (χ3n) is 7.21. The summed E-state index contributed by atoms with van der Waals surface area (Å²) in [7, 11) is 0. The van der Waals surface area contributed by atoms with Crippen LogP contribution in [0.4, 0.5) is 5.69 Å². The predicted molar refractivity (Wildman–Crippen MR) is 106 cm³/mol. The van der Waals surface area contributed by atoms with Crippen LogP contribution in [0.15, 0.2) is 36.4 Å². The van der Waals surface area contributed by atoms with E-state index in [1.807, 2.05) is 31.2 Å². The lowest BCUT2D eigenvalue weighted by molar-refractivity contribution is -0.132. The van der Waals surface area contributed by atoms with Crippen molar-refractivity contribution in [1.29, 1.82) is 5.26 Å². The first-order chi connectivity index (χ1) is 14.0. The van der Waals surface area contributed by atoms with Crippen molar-refractivity contribution in [2.24, 2.45) is 11.8 Å². The molecule has 3 fully saturated rings. The second-order valence-electron chi connectivity index (χ2n) is 8.32. The van der Waals surface area contributed by atoms with Gasteiger partial charge in [0.2, 0.25) is 11.8 Å². The smallest absolute Gasteiger partial charge is 0.240 e. The van der Waals surface area contributed by atoms with Crippen LogP contribution in [0.1, 0.15) is 38.2 Å². The number of rotatable bonds is 4. The normalized spacial score (nSPS) is 32.8. The van der Waals surface area contributed by atoms with E-state index in [0.717, 1.165) is 11.8 Å². The second-order valence-corrected chi connectivity index (χ2v) is 8.32. The minimum absolute atomic E-state index is 0.0791. The molecule has 0 radical (unpaired) electrons. The van der Waals surface area contributed by atoms with Crippen LogP contribution in [0.5, 0.6) is 0 Å². The van der Waals surface area contributed by atoms with E-state index in [1.54, 1.807) is 12.1 Å². The third-order valence-corrected chi connectivity index (χ3v) is 7.21. The zero-order valence-electron chi connectivity index (χ0n) is 16.2. The first-order valence-electron chi connectivity index (χ1n) is 10.1. The molecule has 29 heavy (non-hydrogen) atoms. The van der Waals surface area contributed by atoms with E-state index in [9.17, 15) is 20.0 Å². The average Bonchev–Trinajstić information content (AvgIpc) is 3.34. The number of fused-ring (bicyclic) bond motifs is 6. The maximum Gasteiger partial charge on any atom is 0.240 e. The molecule has 3 unspecified atom stereocenters. The summed E-state index contributed by atoms with van der Waals surface area (Å²) in [6.45, 7) is 1.92. The molecular formula is C23H22N2O4. The first-order valence-corrected chi connectivity index (χ1v) is 10.1. The monoisotopic (exact) mass is 390 g/mol. The van der Waals surface area contributed by atoms with Gasteiger partial charge in [-0.15, -0.1) is 0 Å². The summed E-state index contributed by atoms with van der Waals surface area (Å²) in [4.78, 5) is 28.5. The van der Waals surface area contributed by atoms with Gasteiger partial charge in [-0.3, -0.25) is 9.59 Å². The molecule has 5 rings (SSSR count). The fourth-order valence-electron chi connectivity index (χ4n) is 5.90. The van der Waals surface area contributed by atoms with Crippen molar-refractivity contribution < 1.29 is 19.4 Å². The molecule has 0 aliphatic carbocycles. The van der Waals surface area contributed by atoms with Gasteiger partial charge in [-0.25, -0.2) is 4.90 Å². The maximum absolute atomic E-state index is 13.6. The summed E-state index contributed by atoms with van der Waals surface area (Å²) in [5.41, 5.74) is -0.370. The summed E-state index contributed by atoms with van der Waals surface area (Å²) in [5.74, 6) is -1.56. The van der Waals surface area contributed by atoms with Gasteiger partial charge in [0.15, 0.2) is 0 Å². The van der Waals surface area contributed by atoms with Crippen LogP contribution in [0, 0.1) is 23.2 Å². The summed E-state index contributed by atoms with van der Waals surface area (Å²) >= 11 is 0. The summed E-state index contributed by atoms with van der Waals surface area (Å²) < 4.78 is 6.38. The van der Waals surface area contributed by atoms with E-state index in [-0.39, 0.29) is 18.4 Å². The van der Waals surface area contributed by atoms with Gasteiger partial charge in [-0.05, 0) is 31.4 Å². The number of nitrogens with zero attached hydrogens (tertiary/aromatic N) is 2. The van der Waals surface area contributed by atoms with Crippen molar-refractivity contribution in [3.8, 4) is 6.07 Å². The number of aliphatic hydroxyl groups excluding tert-OH is 1. The lowest BCUT2D eigenvalue weighted by atomic mass is 9.66. The van der Waals surface area contributed by atoms with Crippen LogP contribution in [-0.4, -0.2) is 34.7 Å². The number of hydrogen-bond acceptors (Lipinski definition) is 5. The number of carbonyl (C=O) groups is 2. The van der Waals surface area contributed by atoms with Gasteiger partial charge in [0, 0.05) is 23.8 Å². The first kappa shape index (κ1) is 18.3. The number of hydrogen-bond donors (Lipinski definition) is 1. The lowest BCUT2D eigenvalue weighted by Crippen LogP contribution is -2.43. The second kappa shape index (κ2) is 6.12. The minimum atomic E-state index is -0.765. The molecule has 3 aliphatic heterocycles. The predicted octanol–water partition coefficient (Wildman–Crippen LogP) is 2.91. The molecule has 0 spiro atoms. The molecule has 0 saturated carbocycles. The van der Waals surface area contributed by atoms with E-state index in [2.05, 4.69) is 6.07 Å². The fraction of sp³-hybridized carbons (Fsp3) is 0.435. The van der Waals surface area contributed by atoms with Crippen molar-refractivity contribution in [3.05, 3.63) is 42.0 Å². The number of imide groups is 1. The van der Waals surface area contributed by atoms with Crippen molar-refractivity contribution in [2.75, 3.05) is 11.5 Å². The molecule has 2 amide bonds. The van der Waals surface area contributed by atoms with Gasteiger partial charge in [0.05, 0.1) is 40.4 Å². The number of benzene rings is 2. The van der Waals surface area contributed by atoms with Gasteiger partial charge in [0.25, 0.3) is 0 Å². The van der Waals surface area contributed by atoms with Crippen LogP contribution >= 0.6 is 0 Å². The van der Waals surface area contributed by atoms with E-state index in [1.165, 1.54) is 4.90 Å². The Morgan fingerprint density at radius 1 is 1.10 bits per heavy atom. The maximum atomic E-state index is 13.6. The Hall–Kier alpha value is -2.75. The molecule has 4 atom stereocenters. The van der Waals surface area contributed by atoms with Crippen LogP contribution in [-0.2, 0) is 14.3 Å². The third kappa shape index (κ3) is 2.17. The van der Waals surface area contributed by atoms with Crippen molar-refractivity contribution in [3.63, 3.8) is 0 Å². The highest BCUT2D eigenvalue weighted by Gasteiger charge is 2.74. The molecular weight excluding hydrogens is 368 g/mol. The highest BCUT2D eigenvalue weighted by atomic mass is 16.5. The quantitative estimate of drug-likeness (QED) is 0.811. The Bertz CT molecular complexity index is 1090. The standard InChI is InChI=1S/C23H22N2O4/c1-2-22-9-10-23(29-22,11-12-26)19-18(22)20(27)25(21(19)28)17-8-7-14(13-24)15-5-3-4-6-16(15)17/h3-8,18-19,26H,2,9-12H2,1H3/t18?,19-,22?,23?/m1/s1. The summed E-state index contributed by atoms with van der Waals surface area (Å²) in [6.07, 6.45) is 2.43. The topological polar surface area (TPSA) is 90.6 Å². The number of nitriles is 1. The fourth-order valence-corrected chi connectivity index (χ4v) is 5.90. The Kier molecular flexibility index (Phi) is 3.86. The number of anilines is 1. The number of carbonyl (C=O) groups excluding carboxylic acids is 2. The zero-order valence-corrected chi connectivity index (χ0v) is 16.2. The van der Waals surface area contributed by atoms with E-state index >= 15 is 0 Å². The zero-order chi connectivity index (χ0) is 20.4. The molecule has 2 aromatic carbocycles. The SMILES string of the molecule is CCC12CCC(CCO)(O1)[C@H]1C(=O)N(c3ccc(C#N)c4ccccc34)C(=O)C12. The van der Waals surface area contributed by atoms with E-state index < -0.39 is 23.0 Å². The average molecular weight is 390 g/mol. The molecule has 3 saturated heterocycles. The van der Waals surface area contributed by atoms with Crippen molar-refractivity contribution in [2.45, 2.75) is 43.8 Å². The van der Waals surface area contributed by atoms with E-state index in [0.29, 0.717) is 35.9 Å². The molecule has 3 aliphatic rings. The lowest BCUT2D eigenvalue weighted by Gasteiger charge is -2.30. The van der Waals surface area contributed by atoms with Crippen molar-refractivity contribution in [1.82, 2.24) is 0 Å². The summed E-state index contributed by atoms with van der Waals surface area (Å²) in [5, 5.41) is 20.5. The molecule has 2 bridgehead atoms. The van der Waals surface area contributed by atoms with Gasteiger partial charge in [0.1, 0.15) is 0 Å². The molecule has 0 aromatic heterocycles. The number of amides is 2. The Labute approximate surface area is 168 Å². The van der Waals surface area contributed by atoms with Crippen LogP contribution in [0.25, 0.3) is 10.8 Å². The number of ether oxygens (including phenoxy) is 1. The molecule has 6 nitrogen and oxygen atoms in total. The molecule has 148 valence electrons. The Balaban J connectivity index is 1.67. The molecule has 1 N–H and O–H groups in total. The van der Waals surface area contributed by atoms with Gasteiger partial charge < -0.3 is 9.84 Å². The molecule has 3 heterocycles. The number of aliphatic hydroxyl groups is 1. The highest BCUT2D eigenvalue weighted by Crippen LogP contribution is 2.63. The highest BCUT2D eigenvalue weighted by molar-refractivity contribution is 6.26. The minimum Gasteiger partial charge on any atom is -0.396 e. The van der Waals surface area contributed by atoms with Crippen LogP contribution in [0.3, 0.4) is 0 Å². The molecule has 2 aromatic rings. The van der Waals surface area contributed by atoms with Crippen LogP contribution in [0.2, 0.25) is 0 Å².